The van der Waals surface area contributed by atoms with E-state index in [0.29, 0.717) is 29.5 Å². The summed E-state index contributed by atoms with van der Waals surface area (Å²) in [7, 11) is 0. The number of aliphatic hydroxyl groups excluding tert-OH is 1. The molecule has 4 rings (SSSR count). The lowest BCUT2D eigenvalue weighted by Gasteiger charge is -2.37. The van der Waals surface area contributed by atoms with Gasteiger partial charge in [-0.05, 0) is 43.2 Å². The quantitative estimate of drug-likeness (QED) is 0.848. The van der Waals surface area contributed by atoms with Crippen LogP contribution in [0, 0.1) is 0 Å². The van der Waals surface area contributed by atoms with E-state index in [-0.39, 0.29) is 0 Å². The molecule has 0 saturated carbocycles. The molecule has 2 aliphatic heterocycles. The Morgan fingerprint density at radius 2 is 1.96 bits per heavy atom. The van der Waals surface area contributed by atoms with Crippen molar-refractivity contribution in [3.63, 3.8) is 0 Å². The molecule has 7 heteroatoms. The molecule has 0 spiro atoms. The summed E-state index contributed by atoms with van der Waals surface area (Å²) in [6.45, 7) is 0.593. The number of para-hydroxylation sites is 1. The van der Waals surface area contributed by atoms with Crippen LogP contribution >= 0.6 is 11.6 Å². The number of aliphatic hydroxyl groups is 1. The van der Waals surface area contributed by atoms with Crippen LogP contribution in [0.25, 0.3) is 0 Å². The predicted molar refractivity (Wildman–Crippen MR) is 99.9 cm³/mol. The Kier molecular flexibility index (Phi) is 4.30. The average molecular weight is 372 g/mol. The van der Waals surface area contributed by atoms with Gasteiger partial charge in [0.15, 0.2) is 0 Å². The van der Waals surface area contributed by atoms with Crippen LogP contribution in [0.4, 0.5) is 11.4 Å². The zero-order chi connectivity index (χ0) is 18.3. The molecule has 26 heavy (non-hydrogen) atoms. The van der Waals surface area contributed by atoms with Crippen LogP contribution in [0.2, 0.25) is 5.02 Å². The van der Waals surface area contributed by atoms with Gasteiger partial charge in [-0.1, -0.05) is 29.8 Å². The maximum atomic E-state index is 11.6. The highest BCUT2D eigenvalue weighted by Gasteiger charge is 2.37. The molecule has 1 fully saturated rings. The van der Waals surface area contributed by atoms with Gasteiger partial charge >= 0.3 is 5.97 Å². The first kappa shape index (κ1) is 16.9. The van der Waals surface area contributed by atoms with Crippen LogP contribution in [-0.2, 0) is 4.79 Å². The lowest BCUT2D eigenvalue weighted by Crippen LogP contribution is -2.45. The Bertz CT molecular complexity index is 872. The molecule has 2 aliphatic rings. The lowest BCUT2D eigenvalue weighted by atomic mass is 10.1. The van der Waals surface area contributed by atoms with Gasteiger partial charge in [0.1, 0.15) is 11.9 Å². The summed E-state index contributed by atoms with van der Waals surface area (Å²) < 4.78 is 0. The number of hydrogen-bond donors (Lipinski definition) is 2. The van der Waals surface area contributed by atoms with E-state index in [4.69, 9.17) is 11.6 Å². The molecular weight excluding hydrogens is 354 g/mol. The smallest absolute Gasteiger partial charge is 0.326 e. The molecule has 1 unspecified atom stereocenters. The van der Waals surface area contributed by atoms with E-state index in [0.717, 1.165) is 17.7 Å². The zero-order valence-corrected chi connectivity index (χ0v) is 14.7. The molecule has 1 saturated heterocycles. The molecule has 6 nitrogen and oxygen atoms in total. The largest absolute Gasteiger partial charge is 0.480 e. The Labute approximate surface area is 155 Å². The van der Waals surface area contributed by atoms with Gasteiger partial charge in [-0.25, -0.2) is 9.79 Å². The minimum Gasteiger partial charge on any atom is -0.480 e. The number of anilines is 2. The molecule has 0 amide bonds. The standard InChI is InChI=1S/C19H18ClN3O3/c20-12-8-9-14-16(11-12)23(13-5-2-1-3-6-13)19(26)21-17(14)22-10-4-7-15(22)18(24)25/h1-3,5-6,8-9,11,15,19,26H,4,7,10H2,(H,24,25)/t15-,19?/m1/s1. The van der Waals surface area contributed by atoms with Crippen molar-refractivity contribution < 1.29 is 15.0 Å². The Hall–Kier alpha value is -2.57. The number of halogens is 1. The number of nitrogens with zero attached hydrogens (tertiary/aromatic N) is 3. The predicted octanol–water partition coefficient (Wildman–Crippen LogP) is 3.06. The summed E-state index contributed by atoms with van der Waals surface area (Å²) >= 11 is 6.21. The van der Waals surface area contributed by atoms with Gasteiger partial charge in [-0.2, -0.15) is 0 Å². The Morgan fingerprint density at radius 1 is 1.19 bits per heavy atom. The van der Waals surface area contributed by atoms with Crippen LogP contribution in [0.15, 0.2) is 53.5 Å². The Morgan fingerprint density at radius 3 is 2.69 bits per heavy atom. The fraction of sp³-hybridized carbons (Fsp3) is 0.263. The maximum absolute atomic E-state index is 11.6. The van der Waals surface area contributed by atoms with Gasteiger partial charge in [0.05, 0.1) is 5.69 Å². The highest BCUT2D eigenvalue weighted by molar-refractivity contribution is 6.31. The van der Waals surface area contributed by atoms with Crippen molar-refractivity contribution in [1.29, 1.82) is 0 Å². The second-order valence-electron chi connectivity index (χ2n) is 6.36. The van der Waals surface area contributed by atoms with E-state index in [1.165, 1.54) is 0 Å². The first-order valence-electron chi connectivity index (χ1n) is 8.46. The van der Waals surface area contributed by atoms with Gasteiger partial charge in [0, 0.05) is 22.8 Å². The molecule has 0 radical (unpaired) electrons. The van der Waals surface area contributed by atoms with E-state index in [9.17, 15) is 15.0 Å². The third kappa shape index (κ3) is 2.81. The van der Waals surface area contributed by atoms with Crippen LogP contribution in [0.1, 0.15) is 18.4 Å². The van der Waals surface area contributed by atoms with Crippen LogP contribution in [0.5, 0.6) is 0 Å². The van der Waals surface area contributed by atoms with Crippen molar-refractivity contribution in [3.05, 3.63) is 59.1 Å². The summed E-state index contributed by atoms with van der Waals surface area (Å²) in [5.74, 6) is -0.373. The van der Waals surface area contributed by atoms with Crippen molar-refractivity contribution in [1.82, 2.24) is 4.90 Å². The minimum absolute atomic E-state index is 0.501. The lowest BCUT2D eigenvalue weighted by molar-refractivity contribution is -0.140. The number of aliphatic carboxylic acids is 1. The molecule has 0 aliphatic carbocycles. The van der Waals surface area contributed by atoms with Gasteiger partial charge in [0.2, 0.25) is 6.35 Å². The number of fused-ring (bicyclic) bond motifs is 1. The summed E-state index contributed by atoms with van der Waals surface area (Å²) in [6.07, 6.45) is 0.182. The minimum atomic E-state index is -1.16. The van der Waals surface area contributed by atoms with E-state index in [1.807, 2.05) is 36.4 Å². The third-order valence-corrected chi connectivity index (χ3v) is 5.01. The van der Waals surface area contributed by atoms with E-state index < -0.39 is 18.4 Å². The van der Waals surface area contributed by atoms with Gasteiger partial charge in [-0.3, -0.25) is 4.90 Å². The van der Waals surface area contributed by atoms with Gasteiger partial charge in [0.25, 0.3) is 0 Å². The highest BCUT2D eigenvalue weighted by atomic mass is 35.5. The fourth-order valence-corrected chi connectivity index (χ4v) is 3.79. The van der Waals surface area contributed by atoms with E-state index >= 15 is 0 Å². The molecule has 2 aromatic rings. The molecule has 2 aromatic carbocycles. The van der Waals surface area contributed by atoms with Crippen molar-refractivity contribution >= 4 is 34.8 Å². The molecule has 2 atom stereocenters. The van der Waals surface area contributed by atoms with Crippen molar-refractivity contribution in [2.75, 3.05) is 11.4 Å². The number of likely N-dealkylation sites (tertiary alicyclic amines) is 1. The molecule has 2 heterocycles. The van der Waals surface area contributed by atoms with Crippen LogP contribution in [-0.4, -0.2) is 45.9 Å². The monoisotopic (exact) mass is 371 g/mol. The fourth-order valence-electron chi connectivity index (χ4n) is 3.62. The number of aliphatic imine (C=N–C) groups is 1. The van der Waals surface area contributed by atoms with Gasteiger partial charge < -0.3 is 15.1 Å². The number of carboxylic acid groups (broad SMARTS) is 1. The van der Waals surface area contributed by atoms with Crippen molar-refractivity contribution in [2.24, 2.45) is 4.99 Å². The number of hydrogen-bond acceptors (Lipinski definition) is 5. The number of amidine groups is 1. The van der Waals surface area contributed by atoms with Crippen LogP contribution < -0.4 is 4.90 Å². The SMILES string of the molecule is O=C(O)[C@H]1CCCN1C1=NC(O)N(c2ccccc2)c2cc(Cl)ccc21. The first-order valence-corrected chi connectivity index (χ1v) is 8.83. The number of benzene rings is 2. The van der Waals surface area contributed by atoms with Crippen LogP contribution in [0.3, 0.4) is 0 Å². The van der Waals surface area contributed by atoms with Crippen molar-refractivity contribution in [3.8, 4) is 0 Å². The summed E-state index contributed by atoms with van der Waals surface area (Å²) in [6, 6.07) is 14.1. The molecule has 134 valence electrons. The molecule has 0 bridgehead atoms. The molecule has 0 aromatic heterocycles. The topological polar surface area (TPSA) is 76.4 Å². The second kappa shape index (κ2) is 6.63. The third-order valence-electron chi connectivity index (χ3n) is 4.77. The van der Waals surface area contributed by atoms with E-state index in [2.05, 4.69) is 4.99 Å². The normalized spacial score (nSPS) is 22.2. The summed E-state index contributed by atoms with van der Waals surface area (Å²) in [5, 5.41) is 20.8. The summed E-state index contributed by atoms with van der Waals surface area (Å²) in [5.41, 5.74) is 2.25. The maximum Gasteiger partial charge on any atom is 0.326 e. The average Bonchev–Trinajstić information content (AvgIpc) is 3.11. The molecular formula is C19H18ClN3O3. The molecule has 2 N–H and O–H groups in total. The van der Waals surface area contributed by atoms with Crippen molar-refractivity contribution in [2.45, 2.75) is 25.2 Å². The summed E-state index contributed by atoms with van der Waals surface area (Å²) in [4.78, 5) is 19.5. The highest BCUT2D eigenvalue weighted by Crippen LogP contribution is 2.38. The first-order chi connectivity index (χ1) is 12.6. The number of carboxylic acids is 1. The number of rotatable bonds is 2. The van der Waals surface area contributed by atoms with E-state index in [1.54, 1.807) is 21.9 Å². The number of carbonyl (C=O) groups is 1. The van der Waals surface area contributed by atoms with Gasteiger partial charge in [-0.15, -0.1) is 0 Å². The Balaban J connectivity index is 1.83. The zero-order valence-electron chi connectivity index (χ0n) is 13.9. The second-order valence-corrected chi connectivity index (χ2v) is 6.79.